The monoisotopic (exact) mass is 260 g/mol. The quantitative estimate of drug-likeness (QED) is 0.811. The molecule has 0 bridgehead atoms. The lowest BCUT2D eigenvalue weighted by Crippen LogP contribution is -2.09. The molecule has 0 radical (unpaired) electrons. The molecule has 1 heterocycles. The molecule has 6 heteroatoms. The van der Waals surface area contributed by atoms with Gasteiger partial charge in [-0.25, -0.2) is 4.68 Å². The minimum atomic E-state index is -0.520. The number of rotatable bonds is 4. The summed E-state index contributed by atoms with van der Waals surface area (Å²) in [5.74, 6) is 0.134. The van der Waals surface area contributed by atoms with Gasteiger partial charge in [0, 0.05) is 24.0 Å². The fourth-order valence-electron chi connectivity index (χ4n) is 1.67. The Bertz CT molecular complexity index is 604. The van der Waals surface area contributed by atoms with Crippen molar-refractivity contribution in [1.29, 1.82) is 0 Å². The van der Waals surface area contributed by atoms with Crippen LogP contribution >= 0.6 is 0 Å². The Morgan fingerprint density at radius 3 is 2.68 bits per heavy atom. The standard InChI is InChI=1S/C13H16N4O2/c1-8(2)19-12-4-10(14)3-11(5-12)17-7-9(6-16-17)13(15)18/h3-8H,14H2,1-2H3,(H2,15,18). The Balaban J connectivity index is 2.37. The van der Waals surface area contributed by atoms with Crippen molar-refractivity contribution < 1.29 is 9.53 Å². The summed E-state index contributed by atoms with van der Waals surface area (Å²) in [7, 11) is 0. The van der Waals surface area contributed by atoms with Gasteiger partial charge in [0.05, 0.1) is 23.6 Å². The van der Waals surface area contributed by atoms with E-state index in [0.29, 0.717) is 22.7 Å². The number of aromatic nitrogens is 2. The van der Waals surface area contributed by atoms with E-state index in [9.17, 15) is 4.79 Å². The third-order valence-electron chi connectivity index (χ3n) is 2.42. The van der Waals surface area contributed by atoms with E-state index in [-0.39, 0.29) is 6.10 Å². The highest BCUT2D eigenvalue weighted by Crippen LogP contribution is 2.22. The number of benzene rings is 1. The van der Waals surface area contributed by atoms with Crippen LogP contribution in [0.4, 0.5) is 5.69 Å². The molecular formula is C13H16N4O2. The van der Waals surface area contributed by atoms with E-state index in [1.807, 2.05) is 13.8 Å². The predicted octanol–water partition coefficient (Wildman–Crippen LogP) is 1.34. The van der Waals surface area contributed by atoms with Crippen molar-refractivity contribution in [3.8, 4) is 11.4 Å². The van der Waals surface area contributed by atoms with Crippen molar-refractivity contribution in [3.05, 3.63) is 36.2 Å². The Morgan fingerprint density at radius 1 is 1.37 bits per heavy atom. The first-order valence-electron chi connectivity index (χ1n) is 5.88. The second-order valence-corrected chi connectivity index (χ2v) is 4.46. The average molecular weight is 260 g/mol. The van der Waals surface area contributed by atoms with Gasteiger partial charge in [0.25, 0.3) is 5.91 Å². The highest BCUT2D eigenvalue weighted by molar-refractivity contribution is 5.92. The highest BCUT2D eigenvalue weighted by Gasteiger charge is 2.08. The molecule has 1 amide bonds. The molecule has 2 aromatic rings. The summed E-state index contributed by atoms with van der Waals surface area (Å²) in [4.78, 5) is 11.0. The van der Waals surface area contributed by atoms with Gasteiger partial charge in [0.2, 0.25) is 0 Å². The van der Waals surface area contributed by atoms with Crippen molar-refractivity contribution in [3.63, 3.8) is 0 Å². The number of nitrogens with two attached hydrogens (primary N) is 2. The maximum Gasteiger partial charge on any atom is 0.251 e. The van der Waals surface area contributed by atoms with Crippen LogP contribution < -0.4 is 16.2 Å². The van der Waals surface area contributed by atoms with E-state index < -0.39 is 5.91 Å². The minimum absolute atomic E-state index is 0.0495. The van der Waals surface area contributed by atoms with E-state index in [4.69, 9.17) is 16.2 Å². The number of ether oxygens (including phenoxy) is 1. The van der Waals surface area contributed by atoms with Crippen LogP contribution in [0.25, 0.3) is 5.69 Å². The van der Waals surface area contributed by atoms with E-state index in [2.05, 4.69) is 5.10 Å². The molecule has 0 spiro atoms. The molecule has 0 fully saturated rings. The summed E-state index contributed by atoms with van der Waals surface area (Å²) >= 11 is 0. The molecule has 4 N–H and O–H groups in total. The SMILES string of the molecule is CC(C)Oc1cc(N)cc(-n2cc(C(N)=O)cn2)c1. The van der Waals surface area contributed by atoms with Gasteiger partial charge in [0.1, 0.15) is 5.75 Å². The Hall–Kier alpha value is -2.50. The number of amides is 1. The molecule has 1 aromatic heterocycles. The van der Waals surface area contributed by atoms with Gasteiger partial charge in [-0.15, -0.1) is 0 Å². The summed E-state index contributed by atoms with van der Waals surface area (Å²) in [5, 5.41) is 4.07. The molecule has 19 heavy (non-hydrogen) atoms. The van der Waals surface area contributed by atoms with Crippen molar-refractivity contribution in [2.45, 2.75) is 20.0 Å². The van der Waals surface area contributed by atoms with Crippen molar-refractivity contribution in [2.24, 2.45) is 5.73 Å². The number of carbonyl (C=O) groups is 1. The third kappa shape index (κ3) is 3.04. The smallest absolute Gasteiger partial charge is 0.251 e. The zero-order valence-corrected chi connectivity index (χ0v) is 10.8. The lowest BCUT2D eigenvalue weighted by Gasteiger charge is -2.12. The van der Waals surface area contributed by atoms with E-state index in [0.717, 1.165) is 0 Å². The van der Waals surface area contributed by atoms with E-state index in [1.165, 1.54) is 10.9 Å². The van der Waals surface area contributed by atoms with Gasteiger partial charge in [0.15, 0.2) is 0 Å². The topological polar surface area (TPSA) is 96.2 Å². The summed E-state index contributed by atoms with van der Waals surface area (Å²) in [6.07, 6.45) is 3.01. The van der Waals surface area contributed by atoms with Crippen LogP contribution in [0.5, 0.6) is 5.75 Å². The van der Waals surface area contributed by atoms with Crippen LogP contribution in [0.3, 0.4) is 0 Å². The van der Waals surface area contributed by atoms with Crippen LogP contribution in [0.1, 0.15) is 24.2 Å². The Kier molecular flexibility index (Phi) is 3.41. The number of anilines is 1. The van der Waals surface area contributed by atoms with Crippen LogP contribution in [0.15, 0.2) is 30.6 Å². The predicted molar refractivity (Wildman–Crippen MR) is 72.3 cm³/mol. The van der Waals surface area contributed by atoms with Gasteiger partial charge in [-0.3, -0.25) is 4.79 Å². The van der Waals surface area contributed by atoms with Gasteiger partial charge in [-0.1, -0.05) is 0 Å². The number of hydrogen-bond acceptors (Lipinski definition) is 4. The fourth-order valence-corrected chi connectivity index (χ4v) is 1.67. The first-order chi connectivity index (χ1) is 8.95. The van der Waals surface area contributed by atoms with E-state index >= 15 is 0 Å². The van der Waals surface area contributed by atoms with Crippen LogP contribution in [0, 0.1) is 0 Å². The molecule has 100 valence electrons. The zero-order chi connectivity index (χ0) is 14.0. The minimum Gasteiger partial charge on any atom is -0.491 e. The third-order valence-corrected chi connectivity index (χ3v) is 2.42. The maximum atomic E-state index is 11.0. The zero-order valence-electron chi connectivity index (χ0n) is 10.8. The maximum absolute atomic E-state index is 11.0. The number of nitrogen functional groups attached to an aromatic ring is 1. The summed E-state index contributed by atoms with van der Waals surface area (Å²) in [6, 6.07) is 5.28. The number of carbonyl (C=O) groups excluding carboxylic acids is 1. The first-order valence-corrected chi connectivity index (χ1v) is 5.88. The molecule has 1 aromatic carbocycles. The number of hydrogen-bond donors (Lipinski definition) is 2. The van der Waals surface area contributed by atoms with Gasteiger partial charge in [-0.2, -0.15) is 5.10 Å². The van der Waals surface area contributed by atoms with Crippen LogP contribution in [-0.4, -0.2) is 21.8 Å². The normalized spacial score (nSPS) is 10.7. The van der Waals surface area contributed by atoms with Crippen LogP contribution in [-0.2, 0) is 0 Å². The molecule has 0 atom stereocenters. The fraction of sp³-hybridized carbons (Fsp3) is 0.231. The first kappa shape index (κ1) is 12.9. The van der Waals surface area contributed by atoms with Crippen molar-refractivity contribution in [2.75, 3.05) is 5.73 Å². The lowest BCUT2D eigenvalue weighted by atomic mass is 10.2. The molecule has 0 aliphatic carbocycles. The molecule has 0 aliphatic heterocycles. The van der Waals surface area contributed by atoms with E-state index in [1.54, 1.807) is 24.4 Å². The molecule has 0 aliphatic rings. The molecule has 0 unspecified atom stereocenters. The van der Waals surface area contributed by atoms with Crippen molar-refractivity contribution in [1.82, 2.24) is 9.78 Å². The Labute approximate surface area is 111 Å². The van der Waals surface area contributed by atoms with Gasteiger partial charge < -0.3 is 16.2 Å². The van der Waals surface area contributed by atoms with Crippen LogP contribution in [0.2, 0.25) is 0 Å². The highest BCUT2D eigenvalue weighted by atomic mass is 16.5. The molecule has 0 saturated heterocycles. The average Bonchev–Trinajstić information content (AvgIpc) is 2.76. The summed E-state index contributed by atoms with van der Waals surface area (Å²) in [5.41, 5.74) is 12.6. The van der Waals surface area contributed by atoms with Crippen molar-refractivity contribution >= 4 is 11.6 Å². The molecular weight excluding hydrogens is 244 g/mol. The lowest BCUT2D eigenvalue weighted by molar-refractivity contribution is 0.100. The summed E-state index contributed by atoms with van der Waals surface area (Å²) < 4.78 is 7.13. The van der Waals surface area contributed by atoms with Gasteiger partial charge >= 0.3 is 0 Å². The second-order valence-electron chi connectivity index (χ2n) is 4.46. The molecule has 0 saturated carbocycles. The van der Waals surface area contributed by atoms with Gasteiger partial charge in [-0.05, 0) is 19.9 Å². The molecule has 2 rings (SSSR count). The molecule has 6 nitrogen and oxygen atoms in total. The number of primary amides is 1. The number of nitrogens with zero attached hydrogens (tertiary/aromatic N) is 2. The second kappa shape index (κ2) is 5.01. The summed E-state index contributed by atoms with van der Waals surface area (Å²) in [6.45, 7) is 3.87. The largest absolute Gasteiger partial charge is 0.491 e. The Morgan fingerprint density at radius 2 is 2.11 bits per heavy atom.